The van der Waals surface area contributed by atoms with Gasteiger partial charge in [0.2, 0.25) is 0 Å². The van der Waals surface area contributed by atoms with Crippen molar-refractivity contribution in [2.45, 2.75) is 53.8 Å². The molecule has 1 N–H and O–H groups in total. The van der Waals surface area contributed by atoms with Crippen LogP contribution in [0.1, 0.15) is 41.8 Å². The second kappa shape index (κ2) is 6.23. The van der Waals surface area contributed by atoms with Crippen LogP contribution in [0.3, 0.4) is 0 Å². The Balaban J connectivity index is 2.09. The first kappa shape index (κ1) is 14.8. The summed E-state index contributed by atoms with van der Waals surface area (Å²) in [5.74, 6) is 0. The minimum absolute atomic E-state index is 0.498. The maximum atomic E-state index is 4.61. The lowest BCUT2D eigenvalue weighted by molar-refractivity contribution is 0.587. The van der Waals surface area contributed by atoms with Crippen molar-refractivity contribution in [3.8, 4) is 0 Å². The summed E-state index contributed by atoms with van der Waals surface area (Å²) in [5, 5.41) is 8.06. The van der Waals surface area contributed by atoms with Crippen LogP contribution in [0.15, 0.2) is 24.4 Å². The summed E-state index contributed by atoms with van der Waals surface area (Å²) in [6.45, 7) is 12.4. The lowest BCUT2D eigenvalue weighted by atomic mass is 10.1. The van der Waals surface area contributed by atoms with Crippen LogP contribution < -0.4 is 5.32 Å². The van der Waals surface area contributed by atoms with E-state index >= 15 is 0 Å². The fraction of sp³-hybridized carbons (Fsp3) is 0.471. The second-order valence-corrected chi connectivity index (χ2v) is 5.89. The molecule has 0 fully saturated rings. The van der Waals surface area contributed by atoms with Crippen LogP contribution in [-0.2, 0) is 13.1 Å². The Bertz CT molecular complexity index is 582. The van der Waals surface area contributed by atoms with Crippen LogP contribution in [-0.4, -0.2) is 15.8 Å². The molecular formula is C17H25N3. The molecule has 2 rings (SSSR count). The molecule has 0 atom stereocenters. The quantitative estimate of drug-likeness (QED) is 0.903. The van der Waals surface area contributed by atoms with Crippen molar-refractivity contribution < 1.29 is 0 Å². The summed E-state index contributed by atoms with van der Waals surface area (Å²) >= 11 is 0. The smallest absolute Gasteiger partial charge is 0.0659 e. The Morgan fingerprint density at radius 2 is 1.90 bits per heavy atom. The summed E-state index contributed by atoms with van der Waals surface area (Å²) in [7, 11) is 0. The molecule has 0 unspecified atom stereocenters. The van der Waals surface area contributed by atoms with Crippen molar-refractivity contribution in [2.75, 3.05) is 0 Å². The van der Waals surface area contributed by atoms with Gasteiger partial charge in [-0.2, -0.15) is 5.10 Å². The summed E-state index contributed by atoms with van der Waals surface area (Å²) in [6.07, 6.45) is 2.15. The van der Waals surface area contributed by atoms with E-state index in [9.17, 15) is 0 Å². The molecule has 3 heteroatoms. The van der Waals surface area contributed by atoms with Crippen molar-refractivity contribution in [3.05, 3.63) is 52.3 Å². The molecule has 0 amide bonds. The second-order valence-electron chi connectivity index (χ2n) is 5.89. The van der Waals surface area contributed by atoms with Crippen LogP contribution in [0.2, 0.25) is 0 Å². The van der Waals surface area contributed by atoms with Crippen LogP contribution >= 0.6 is 0 Å². The predicted octanol–water partition coefficient (Wildman–Crippen LogP) is 3.35. The van der Waals surface area contributed by atoms with Gasteiger partial charge in [-0.1, -0.05) is 32.0 Å². The molecule has 1 aromatic carbocycles. The average molecular weight is 271 g/mol. The van der Waals surface area contributed by atoms with Gasteiger partial charge < -0.3 is 5.32 Å². The minimum atomic E-state index is 0.498. The molecule has 1 heterocycles. The largest absolute Gasteiger partial charge is 0.310 e. The molecule has 0 bridgehead atoms. The number of hydrogen-bond acceptors (Lipinski definition) is 2. The SMILES string of the molecule is Cc1ccc(Cn2cc(CNC(C)C)c(C)n2)cc1C. The third kappa shape index (κ3) is 3.70. The molecule has 108 valence electrons. The van der Waals surface area contributed by atoms with Crippen LogP contribution in [0.4, 0.5) is 0 Å². The number of nitrogens with zero attached hydrogens (tertiary/aromatic N) is 2. The fourth-order valence-corrected chi connectivity index (χ4v) is 2.22. The molecule has 0 spiro atoms. The van der Waals surface area contributed by atoms with Gasteiger partial charge >= 0.3 is 0 Å². The number of benzene rings is 1. The van der Waals surface area contributed by atoms with Crippen molar-refractivity contribution in [3.63, 3.8) is 0 Å². The summed E-state index contributed by atoms with van der Waals surface area (Å²) in [5.41, 5.74) is 6.38. The third-order valence-electron chi connectivity index (χ3n) is 3.66. The van der Waals surface area contributed by atoms with Crippen molar-refractivity contribution in [1.29, 1.82) is 0 Å². The Hall–Kier alpha value is -1.61. The summed E-state index contributed by atoms with van der Waals surface area (Å²) < 4.78 is 2.04. The molecule has 0 radical (unpaired) electrons. The molecular weight excluding hydrogens is 246 g/mol. The zero-order valence-electron chi connectivity index (χ0n) is 13.2. The average Bonchev–Trinajstić information content (AvgIpc) is 2.72. The van der Waals surface area contributed by atoms with Crippen LogP contribution in [0.5, 0.6) is 0 Å². The first-order valence-corrected chi connectivity index (χ1v) is 7.28. The van der Waals surface area contributed by atoms with Crippen LogP contribution in [0, 0.1) is 20.8 Å². The van der Waals surface area contributed by atoms with Crippen molar-refractivity contribution in [2.24, 2.45) is 0 Å². The van der Waals surface area contributed by atoms with E-state index in [0.717, 1.165) is 18.8 Å². The van der Waals surface area contributed by atoms with Gasteiger partial charge in [-0.15, -0.1) is 0 Å². The van der Waals surface area contributed by atoms with Crippen molar-refractivity contribution >= 4 is 0 Å². The lowest BCUT2D eigenvalue weighted by Gasteiger charge is -2.06. The van der Waals surface area contributed by atoms with E-state index in [1.54, 1.807) is 0 Å². The molecule has 0 saturated carbocycles. The Morgan fingerprint density at radius 3 is 2.55 bits per heavy atom. The maximum absolute atomic E-state index is 4.61. The molecule has 20 heavy (non-hydrogen) atoms. The Labute approximate surface area is 122 Å². The Morgan fingerprint density at radius 1 is 1.15 bits per heavy atom. The topological polar surface area (TPSA) is 29.9 Å². The highest BCUT2D eigenvalue weighted by Gasteiger charge is 2.06. The van der Waals surface area contributed by atoms with Gasteiger partial charge in [0, 0.05) is 24.3 Å². The molecule has 3 nitrogen and oxygen atoms in total. The van der Waals surface area contributed by atoms with E-state index in [1.165, 1.54) is 22.3 Å². The summed E-state index contributed by atoms with van der Waals surface area (Å²) in [6, 6.07) is 7.11. The van der Waals surface area contributed by atoms with Crippen molar-refractivity contribution in [1.82, 2.24) is 15.1 Å². The van der Waals surface area contributed by atoms with Gasteiger partial charge in [-0.3, -0.25) is 4.68 Å². The van der Waals surface area contributed by atoms with Gasteiger partial charge in [0.25, 0.3) is 0 Å². The molecule has 0 aliphatic heterocycles. The molecule has 0 saturated heterocycles. The predicted molar refractivity (Wildman–Crippen MR) is 84.0 cm³/mol. The van der Waals surface area contributed by atoms with Gasteiger partial charge in [0.1, 0.15) is 0 Å². The highest BCUT2D eigenvalue weighted by molar-refractivity contribution is 5.30. The van der Waals surface area contributed by atoms with Crippen LogP contribution in [0.25, 0.3) is 0 Å². The van der Waals surface area contributed by atoms with Gasteiger partial charge in [-0.25, -0.2) is 0 Å². The number of rotatable bonds is 5. The van der Waals surface area contributed by atoms with E-state index in [0.29, 0.717) is 6.04 Å². The lowest BCUT2D eigenvalue weighted by Crippen LogP contribution is -2.21. The molecule has 2 aromatic rings. The normalized spacial score (nSPS) is 11.3. The highest BCUT2D eigenvalue weighted by atomic mass is 15.3. The standard InChI is InChI=1S/C17H25N3/c1-12(2)18-9-17-11-20(19-15(17)5)10-16-7-6-13(3)14(4)8-16/h6-8,11-12,18H,9-10H2,1-5H3. The van der Waals surface area contributed by atoms with Gasteiger partial charge in [0.15, 0.2) is 0 Å². The Kier molecular flexibility index (Phi) is 4.61. The zero-order chi connectivity index (χ0) is 14.7. The fourth-order valence-electron chi connectivity index (χ4n) is 2.22. The first-order chi connectivity index (χ1) is 9.45. The van der Waals surface area contributed by atoms with E-state index < -0.39 is 0 Å². The molecule has 0 aliphatic rings. The van der Waals surface area contributed by atoms with E-state index in [1.807, 2.05) is 4.68 Å². The molecule has 0 aliphatic carbocycles. The third-order valence-corrected chi connectivity index (χ3v) is 3.66. The number of nitrogens with one attached hydrogen (secondary N) is 1. The number of hydrogen-bond donors (Lipinski definition) is 1. The highest BCUT2D eigenvalue weighted by Crippen LogP contribution is 2.12. The zero-order valence-corrected chi connectivity index (χ0v) is 13.2. The van der Waals surface area contributed by atoms with Gasteiger partial charge in [0.05, 0.1) is 12.2 Å². The first-order valence-electron chi connectivity index (χ1n) is 7.28. The van der Waals surface area contributed by atoms with E-state index in [-0.39, 0.29) is 0 Å². The van der Waals surface area contributed by atoms with E-state index in [4.69, 9.17) is 0 Å². The number of aryl methyl sites for hydroxylation is 3. The summed E-state index contributed by atoms with van der Waals surface area (Å²) in [4.78, 5) is 0. The number of aromatic nitrogens is 2. The maximum Gasteiger partial charge on any atom is 0.0659 e. The molecule has 1 aromatic heterocycles. The minimum Gasteiger partial charge on any atom is -0.310 e. The monoisotopic (exact) mass is 271 g/mol. The van der Waals surface area contributed by atoms with E-state index in [2.05, 4.69) is 69.4 Å². The van der Waals surface area contributed by atoms with Gasteiger partial charge in [-0.05, 0) is 37.5 Å².